The van der Waals surface area contributed by atoms with Crippen LogP contribution in [-0.2, 0) is 23.1 Å². The molecule has 114 valence electrons. The van der Waals surface area contributed by atoms with Crippen LogP contribution in [-0.4, -0.2) is 19.9 Å². The highest BCUT2D eigenvalue weighted by Crippen LogP contribution is 2.16. The van der Waals surface area contributed by atoms with Crippen LogP contribution in [0.4, 0.5) is 0 Å². The molecule has 0 amide bonds. The SMILES string of the molecule is CCNCc1ccccc1S(=O)(=O)NCc1csc(C)n1. The molecule has 0 aliphatic carbocycles. The topological polar surface area (TPSA) is 71.1 Å². The van der Waals surface area contributed by atoms with Gasteiger partial charge in [0, 0.05) is 11.9 Å². The highest BCUT2D eigenvalue weighted by molar-refractivity contribution is 7.89. The van der Waals surface area contributed by atoms with Gasteiger partial charge in [-0.05, 0) is 25.1 Å². The number of aromatic nitrogens is 1. The van der Waals surface area contributed by atoms with Crippen molar-refractivity contribution in [2.75, 3.05) is 6.54 Å². The van der Waals surface area contributed by atoms with E-state index in [1.165, 1.54) is 11.3 Å². The molecule has 0 unspecified atom stereocenters. The van der Waals surface area contributed by atoms with E-state index in [2.05, 4.69) is 15.0 Å². The maximum Gasteiger partial charge on any atom is 0.241 e. The molecule has 1 aromatic heterocycles. The molecule has 0 saturated heterocycles. The van der Waals surface area contributed by atoms with E-state index in [0.717, 1.165) is 22.8 Å². The van der Waals surface area contributed by atoms with Gasteiger partial charge < -0.3 is 5.32 Å². The summed E-state index contributed by atoms with van der Waals surface area (Å²) in [6.45, 7) is 5.42. The van der Waals surface area contributed by atoms with Crippen LogP contribution in [0.3, 0.4) is 0 Å². The maximum atomic E-state index is 12.4. The van der Waals surface area contributed by atoms with Crippen LogP contribution in [0.1, 0.15) is 23.2 Å². The number of rotatable bonds is 7. The van der Waals surface area contributed by atoms with Crippen LogP contribution in [0.2, 0.25) is 0 Å². The summed E-state index contributed by atoms with van der Waals surface area (Å²) in [6.07, 6.45) is 0. The second-order valence-electron chi connectivity index (χ2n) is 4.57. The van der Waals surface area contributed by atoms with Gasteiger partial charge in [0.1, 0.15) is 0 Å². The number of aryl methyl sites for hydroxylation is 1. The van der Waals surface area contributed by atoms with Crippen LogP contribution in [0.15, 0.2) is 34.5 Å². The summed E-state index contributed by atoms with van der Waals surface area (Å²) in [6, 6.07) is 7.03. The van der Waals surface area contributed by atoms with E-state index in [9.17, 15) is 8.42 Å². The zero-order chi connectivity index (χ0) is 15.3. The molecule has 1 heterocycles. The van der Waals surface area contributed by atoms with E-state index in [1.807, 2.05) is 31.4 Å². The first-order chi connectivity index (χ1) is 10.0. The fourth-order valence-corrected chi connectivity index (χ4v) is 3.76. The van der Waals surface area contributed by atoms with Gasteiger partial charge in [-0.1, -0.05) is 25.1 Å². The molecule has 2 aromatic rings. The summed E-state index contributed by atoms with van der Waals surface area (Å²) >= 11 is 1.51. The van der Waals surface area contributed by atoms with Gasteiger partial charge in [-0.25, -0.2) is 18.1 Å². The van der Waals surface area contributed by atoms with Crippen molar-refractivity contribution in [3.05, 3.63) is 45.9 Å². The number of hydrogen-bond donors (Lipinski definition) is 2. The lowest BCUT2D eigenvalue weighted by Crippen LogP contribution is -2.25. The first-order valence-corrected chi connectivity index (χ1v) is 9.08. The van der Waals surface area contributed by atoms with Crippen LogP contribution in [0.5, 0.6) is 0 Å². The number of thiazole rings is 1. The number of benzene rings is 1. The van der Waals surface area contributed by atoms with Gasteiger partial charge >= 0.3 is 0 Å². The fourth-order valence-electron chi connectivity index (χ4n) is 1.91. The first-order valence-electron chi connectivity index (χ1n) is 6.72. The zero-order valence-electron chi connectivity index (χ0n) is 12.1. The van der Waals surface area contributed by atoms with Crippen molar-refractivity contribution < 1.29 is 8.42 Å². The Morgan fingerprint density at radius 2 is 2.00 bits per heavy atom. The van der Waals surface area contributed by atoms with E-state index in [-0.39, 0.29) is 6.54 Å². The summed E-state index contributed by atoms with van der Waals surface area (Å²) in [7, 11) is -3.54. The summed E-state index contributed by atoms with van der Waals surface area (Å²) in [5.74, 6) is 0. The Kier molecular flexibility index (Phi) is 5.46. The molecule has 0 aliphatic heterocycles. The van der Waals surface area contributed by atoms with Crippen molar-refractivity contribution in [1.29, 1.82) is 0 Å². The van der Waals surface area contributed by atoms with Crippen LogP contribution in [0, 0.1) is 6.92 Å². The largest absolute Gasteiger partial charge is 0.313 e. The van der Waals surface area contributed by atoms with Crippen molar-refractivity contribution in [1.82, 2.24) is 15.0 Å². The number of nitrogens with zero attached hydrogens (tertiary/aromatic N) is 1. The molecule has 2 rings (SSSR count). The fraction of sp³-hybridized carbons (Fsp3) is 0.357. The lowest BCUT2D eigenvalue weighted by Gasteiger charge is -2.11. The van der Waals surface area contributed by atoms with E-state index >= 15 is 0 Å². The maximum absolute atomic E-state index is 12.4. The highest BCUT2D eigenvalue weighted by atomic mass is 32.2. The van der Waals surface area contributed by atoms with Gasteiger partial charge in [0.2, 0.25) is 10.0 Å². The predicted molar refractivity (Wildman–Crippen MR) is 84.7 cm³/mol. The summed E-state index contributed by atoms with van der Waals surface area (Å²) < 4.78 is 27.5. The molecule has 0 saturated carbocycles. The van der Waals surface area contributed by atoms with Crippen molar-refractivity contribution in [2.45, 2.75) is 31.8 Å². The zero-order valence-corrected chi connectivity index (χ0v) is 13.7. The number of sulfonamides is 1. The molecule has 1 aromatic carbocycles. The molecule has 0 bridgehead atoms. The molecule has 7 heteroatoms. The second-order valence-corrected chi connectivity index (χ2v) is 7.37. The molecule has 0 fully saturated rings. The van der Waals surface area contributed by atoms with Gasteiger partial charge in [-0.15, -0.1) is 11.3 Å². The van der Waals surface area contributed by atoms with Gasteiger partial charge in [0.25, 0.3) is 0 Å². The van der Waals surface area contributed by atoms with Crippen molar-refractivity contribution in [2.24, 2.45) is 0 Å². The lowest BCUT2D eigenvalue weighted by atomic mass is 10.2. The van der Waals surface area contributed by atoms with E-state index in [4.69, 9.17) is 0 Å². The average Bonchev–Trinajstić information content (AvgIpc) is 2.89. The van der Waals surface area contributed by atoms with Crippen LogP contribution >= 0.6 is 11.3 Å². The number of hydrogen-bond acceptors (Lipinski definition) is 5. The van der Waals surface area contributed by atoms with Crippen molar-refractivity contribution >= 4 is 21.4 Å². The Morgan fingerprint density at radius 3 is 2.67 bits per heavy atom. The molecular weight excluding hydrogens is 306 g/mol. The van der Waals surface area contributed by atoms with Gasteiger partial charge in [0.15, 0.2) is 0 Å². The van der Waals surface area contributed by atoms with Crippen molar-refractivity contribution in [3.63, 3.8) is 0 Å². The van der Waals surface area contributed by atoms with E-state index < -0.39 is 10.0 Å². The van der Waals surface area contributed by atoms with E-state index in [0.29, 0.717) is 11.4 Å². The van der Waals surface area contributed by atoms with Crippen molar-refractivity contribution in [3.8, 4) is 0 Å². The smallest absolute Gasteiger partial charge is 0.241 e. The Labute approximate surface area is 129 Å². The molecule has 0 spiro atoms. The molecule has 0 atom stereocenters. The van der Waals surface area contributed by atoms with Crippen LogP contribution < -0.4 is 10.0 Å². The molecule has 0 aliphatic rings. The minimum atomic E-state index is -3.54. The average molecular weight is 325 g/mol. The standard InChI is InChI=1S/C14H19N3O2S2/c1-3-15-8-12-6-4-5-7-14(12)21(18,19)16-9-13-10-20-11(2)17-13/h4-7,10,15-16H,3,8-9H2,1-2H3. The molecular formula is C14H19N3O2S2. The normalized spacial score (nSPS) is 11.7. The lowest BCUT2D eigenvalue weighted by molar-refractivity contribution is 0.578. The third-order valence-corrected chi connectivity index (χ3v) is 5.26. The molecule has 5 nitrogen and oxygen atoms in total. The number of nitrogens with one attached hydrogen (secondary N) is 2. The Bertz CT molecular complexity index is 696. The Balaban J connectivity index is 2.15. The van der Waals surface area contributed by atoms with Gasteiger partial charge in [-0.3, -0.25) is 0 Å². The highest BCUT2D eigenvalue weighted by Gasteiger charge is 2.17. The molecule has 0 radical (unpaired) electrons. The van der Waals surface area contributed by atoms with E-state index in [1.54, 1.807) is 12.1 Å². The monoisotopic (exact) mass is 325 g/mol. The first kappa shape index (κ1) is 16.1. The third kappa shape index (κ3) is 4.34. The van der Waals surface area contributed by atoms with Gasteiger partial charge in [0.05, 0.1) is 22.1 Å². The van der Waals surface area contributed by atoms with Gasteiger partial charge in [-0.2, -0.15) is 0 Å². The van der Waals surface area contributed by atoms with Crippen LogP contribution in [0.25, 0.3) is 0 Å². The summed E-state index contributed by atoms with van der Waals surface area (Å²) in [5.41, 5.74) is 1.51. The predicted octanol–water partition coefficient (Wildman–Crippen LogP) is 2.04. The Morgan fingerprint density at radius 1 is 1.24 bits per heavy atom. The summed E-state index contributed by atoms with van der Waals surface area (Å²) in [4.78, 5) is 4.58. The molecule has 2 N–H and O–H groups in total. The third-order valence-electron chi connectivity index (χ3n) is 2.94. The second kappa shape index (κ2) is 7.13. The summed E-state index contributed by atoms with van der Waals surface area (Å²) in [5, 5.41) is 5.94. The Hall–Kier alpha value is -1.28. The minimum absolute atomic E-state index is 0.211. The quantitative estimate of drug-likeness (QED) is 0.817. The molecule has 21 heavy (non-hydrogen) atoms. The minimum Gasteiger partial charge on any atom is -0.313 e.